The molecular formula is C17H19ClN2O3S. The summed E-state index contributed by atoms with van der Waals surface area (Å²) < 4.78 is 26.9. The van der Waals surface area contributed by atoms with Crippen molar-refractivity contribution in [2.24, 2.45) is 0 Å². The Morgan fingerprint density at radius 3 is 2.33 bits per heavy atom. The average Bonchev–Trinajstić information content (AvgIpc) is 2.52. The van der Waals surface area contributed by atoms with Gasteiger partial charge in [0, 0.05) is 23.7 Å². The van der Waals surface area contributed by atoms with Crippen LogP contribution in [0.25, 0.3) is 0 Å². The highest BCUT2D eigenvalue weighted by Gasteiger charge is 2.14. The number of sulfonamides is 1. The van der Waals surface area contributed by atoms with Gasteiger partial charge in [-0.25, -0.2) is 13.1 Å². The summed E-state index contributed by atoms with van der Waals surface area (Å²) in [6.07, 6.45) is 0.0344. The van der Waals surface area contributed by atoms with Crippen molar-refractivity contribution in [3.05, 3.63) is 58.6 Å². The van der Waals surface area contributed by atoms with E-state index in [1.54, 1.807) is 42.5 Å². The number of hydrogen-bond acceptors (Lipinski definition) is 3. The number of nitrogens with one attached hydrogen (secondary N) is 2. The molecule has 0 unspecified atom stereocenters. The van der Waals surface area contributed by atoms with Crippen molar-refractivity contribution in [1.82, 2.24) is 4.72 Å². The molecule has 0 saturated heterocycles. The van der Waals surface area contributed by atoms with E-state index in [1.165, 1.54) is 0 Å². The van der Waals surface area contributed by atoms with Crippen molar-refractivity contribution in [2.75, 3.05) is 11.9 Å². The van der Waals surface area contributed by atoms with Gasteiger partial charge in [0.2, 0.25) is 15.9 Å². The number of carbonyl (C=O) groups is 1. The van der Waals surface area contributed by atoms with E-state index in [9.17, 15) is 13.2 Å². The number of anilines is 1. The number of hydrogen-bond donors (Lipinski definition) is 2. The predicted molar refractivity (Wildman–Crippen MR) is 95.8 cm³/mol. The predicted octanol–water partition coefficient (Wildman–Crippen LogP) is 3.26. The first-order valence-electron chi connectivity index (χ1n) is 7.40. The van der Waals surface area contributed by atoms with Gasteiger partial charge in [0.15, 0.2) is 0 Å². The van der Waals surface area contributed by atoms with Crippen molar-refractivity contribution in [1.29, 1.82) is 0 Å². The summed E-state index contributed by atoms with van der Waals surface area (Å²) in [4.78, 5) is 12.0. The molecule has 2 aromatic rings. The largest absolute Gasteiger partial charge is 0.326 e. The van der Waals surface area contributed by atoms with Crippen LogP contribution in [0.15, 0.2) is 47.4 Å². The first-order chi connectivity index (χ1) is 11.3. The second-order valence-corrected chi connectivity index (χ2v) is 7.65. The van der Waals surface area contributed by atoms with E-state index < -0.39 is 10.0 Å². The Bertz CT molecular complexity index is 833. The van der Waals surface area contributed by atoms with Gasteiger partial charge in [0.1, 0.15) is 0 Å². The average molecular weight is 367 g/mol. The minimum atomic E-state index is -3.62. The second kappa shape index (κ2) is 7.79. The van der Waals surface area contributed by atoms with Crippen LogP contribution in [0.2, 0.25) is 5.02 Å². The first kappa shape index (κ1) is 18.4. The van der Waals surface area contributed by atoms with Gasteiger partial charge < -0.3 is 5.32 Å². The molecule has 0 bridgehead atoms. The van der Waals surface area contributed by atoms with Gasteiger partial charge in [-0.1, -0.05) is 17.7 Å². The zero-order chi connectivity index (χ0) is 17.7. The Balaban J connectivity index is 1.89. The van der Waals surface area contributed by atoms with Crippen molar-refractivity contribution in [2.45, 2.75) is 25.2 Å². The van der Waals surface area contributed by atoms with Crippen molar-refractivity contribution in [3.8, 4) is 0 Å². The molecule has 0 saturated carbocycles. The summed E-state index contributed by atoms with van der Waals surface area (Å²) in [5.41, 5.74) is 2.54. The van der Waals surface area contributed by atoms with Gasteiger partial charge >= 0.3 is 0 Å². The Labute approximate surface area is 147 Å². The highest BCUT2D eigenvalue weighted by molar-refractivity contribution is 7.89. The lowest BCUT2D eigenvalue weighted by Crippen LogP contribution is -2.28. The molecular weight excluding hydrogens is 348 g/mol. The molecule has 128 valence electrons. The van der Waals surface area contributed by atoms with Crippen LogP contribution in [0, 0.1) is 13.8 Å². The Kier molecular flexibility index (Phi) is 5.99. The topological polar surface area (TPSA) is 75.3 Å². The first-order valence-corrected chi connectivity index (χ1v) is 9.26. The summed E-state index contributed by atoms with van der Waals surface area (Å²) in [5.74, 6) is -0.278. The maximum absolute atomic E-state index is 12.2. The standard InChI is InChI=1S/C17H19ClN2O3S/c1-12-3-8-16(11-13(12)2)24(22,23)19-10-9-17(21)20-15-6-4-14(18)5-7-15/h3-8,11,19H,9-10H2,1-2H3,(H,20,21). The maximum atomic E-state index is 12.2. The molecule has 2 rings (SSSR count). The minimum absolute atomic E-state index is 0.0225. The minimum Gasteiger partial charge on any atom is -0.326 e. The van der Waals surface area contributed by atoms with Gasteiger partial charge in [-0.15, -0.1) is 0 Å². The lowest BCUT2D eigenvalue weighted by atomic mass is 10.1. The molecule has 0 atom stereocenters. The summed E-state index contributed by atoms with van der Waals surface area (Å²) in [6, 6.07) is 11.6. The second-order valence-electron chi connectivity index (χ2n) is 5.45. The van der Waals surface area contributed by atoms with Crippen LogP contribution in [0.1, 0.15) is 17.5 Å². The molecule has 0 heterocycles. The lowest BCUT2D eigenvalue weighted by molar-refractivity contribution is -0.116. The van der Waals surface area contributed by atoms with Crippen LogP contribution in [0.3, 0.4) is 0 Å². The molecule has 0 aromatic heterocycles. The number of amides is 1. The molecule has 24 heavy (non-hydrogen) atoms. The van der Waals surface area contributed by atoms with E-state index >= 15 is 0 Å². The molecule has 0 fully saturated rings. The van der Waals surface area contributed by atoms with E-state index in [4.69, 9.17) is 11.6 Å². The van der Waals surface area contributed by atoms with Crippen molar-refractivity contribution < 1.29 is 13.2 Å². The van der Waals surface area contributed by atoms with Crippen LogP contribution in [0.4, 0.5) is 5.69 Å². The van der Waals surface area contributed by atoms with E-state index in [2.05, 4.69) is 10.0 Å². The molecule has 5 nitrogen and oxygen atoms in total. The normalized spacial score (nSPS) is 11.3. The third-order valence-electron chi connectivity index (χ3n) is 3.56. The van der Waals surface area contributed by atoms with Crippen molar-refractivity contribution >= 4 is 33.2 Å². The fraction of sp³-hybridized carbons (Fsp3) is 0.235. The van der Waals surface area contributed by atoms with Crippen LogP contribution in [0.5, 0.6) is 0 Å². The summed E-state index contributed by atoms with van der Waals surface area (Å²) >= 11 is 5.77. The molecule has 7 heteroatoms. The van der Waals surface area contributed by atoms with Gasteiger partial charge in [0.05, 0.1) is 4.90 Å². The number of aryl methyl sites for hydroxylation is 2. The van der Waals surface area contributed by atoms with E-state index in [0.29, 0.717) is 10.7 Å². The molecule has 0 aliphatic carbocycles. The SMILES string of the molecule is Cc1ccc(S(=O)(=O)NCCC(=O)Nc2ccc(Cl)cc2)cc1C. The van der Waals surface area contributed by atoms with Crippen molar-refractivity contribution in [3.63, 3.8) is 0 Å². The maximum Gasteiger partial charge on any atom is 0.240 e. The molecule has 2 N–H and O–H groups in total. The molecule has 0 aliphatic rings. The van der Waals surface area contributed by atoms with E-state index in [0.717, 1.165) is 11.1 Å². The quantitative estimate of drug-likeness (QED) is 0.823. The van der Waals surface area contributed by atoms with Crippen LogP contribution >= 0.6 is 11.6 Å². The number of carbonyl (C=O) groups excluding carboxylic acids is 1. The summed E-state index contributed by atoms with van der Waals surface area (Å²) in [7, 11) is -3.62. The molecule has 1 amide bonds. The highest BCUT2D eigenvalue weighted by atomic mass is 35.5. The zero-order valence-corrected chi connectivity index (χ0v) is 15.0. The summed E-state index contributed by atoms with van der Waals surface area (Å²) in [5, 5.41) is 3.26. The smallest absolute Gasteiger partial charge is 0.240 e. The van der Waals surface area contributed by atoms with E-state index in [1.807, 2.05) is 13.8 Å². The van der Waals surface area contributed by atoms with Gasteiger partial charge in [0.25, 0.3) is 0 Å². The monoisotopic (exact) mass is 366 g/mol. The lowest BCUT2D eigenvalue weighted by Gasteiger charge is -2.09. The van der Waals surface area contributed by atoms with Crippen LogP contribution in [-0.2, 0) is 14.8 Å². The highest BCUT2D eigenvalue weighted by Crippen LogP contribution is 2.15. The molecule has 0 radical (unpaired) electrons. The fourth-order valence-corrected chi connectivity index (χ4v) is 3.26. The Morgan fingerprint density at radius 1 is 1.04 bits per heavy atom. The third kappa shape index (κ3) is 5.06. The van der Waals surface area contributed by atoms with Gasteiger partial charge in [-0.05, 0) is 61.4 Å². The third-order valence-corrected chi connectivity index (χ3v) is 5.27. The zero-order valence-electron chi connectivity index (χ0n) is 13.5. The van der Waals surface area contributed by atoms with Gasteiger partial charge in [-0.3, -0.25) is 4.79 Å². The van der Waals surface area contributed by atoms with E-state index in [-0.39, 0.29) is 23.8 Å². The van der Waals surface area contributed by atoms with Crippen LogP contribution < -0.4 is 10.0 Å². The fourth-order valence-electron chi connectivity index (χ4n) is 2.02. The number of halogens is 1. The number of benzene rings is 2. The summed E-state index contributed by atoms with van der Waals surface area (Å²) in [6.45, 7) is 3.79. The Hall–Kier alpha value is -1.89. The Morgan fingerprint density at radius 2 is 1.71 bits per heavy atom. The molecule has 2 aromatic carbocycles. The molecule has 0 aliphatic heterocycles. The van der Waals surface area contributed by atoms with Crippen LogP contribution in [-0.4, -0.2) is 20.9 Å². The number of rotatable bonds is 6. The molecule has 0 spiro atoms. The van der Waals surface area contributed by atoms with Gasteiger partial charge in [-0.2, -0.15) is 0 Å².